The highest BCUT2D eigenvalue weighted by Crippen LogP contribution is 2.00. The number of Topliss-reactive ketones (excluding diaryl/α,β-unsaturated/α-hetero) is 1. The Labute approximate surface area is 74.7 Å². The maximum Gasteiger partial charge on any atom is 0.313 e. The molecule has 1 heterocycles. The molecular weight excluding hydrogens is 174 g/mol. The van der Waals surface area contributed by atoms with Crippen LogP contribution in [0.3, 0.4) is 0 Å². The molecule has 0 atom stereocenters. The highest BCUT2D eigenvalue weighted by molar-refractivity contribution is 6.03. The molecule has 5 nitrogen and oxygen atoms in total. The number of hydrogen-bond acceptors (Lipinski definition) is 5. The lowest BCUT2D eigenvalue weighted by atomic mass is 10.3. The van der Waals surface area contributed by atoms with Gasteiger partial charge < -0.3 is 9.15 Å². The number of aromatic nitrogens is 1. The van der Waals surface area contributed by atoms with Gasteiger partial charge in [0.2, 0.25) is 5.78 Å². The molecule has 0 N–H and O–H groups in total. The van der Waals surface area contributed by atoms with Gasteiger partial charge in [0.25, 0.3) is 5.89 Å². The van der Waals surface area contributed by atoms with Crippen LogP contribution in [0.4, 0.5) is 0 Å². The van der Waals surface area contributed by atoms with E-state index in [9.17, 15) is 9.59 Å². The van der Waals surface area contributed by atoms with Crippen molar-refractivity contribution in [3.05, 3.63) is 18.4 Å². The number of nitrogens with zero attached hydrogens (tertiary/aromatic N) is 1. The van der Waals surface area contributed by atoms with Gasteiger partial charge in [-0.1, -0.05) is 0 Å². The van der Waals surface area contributed by atoms with E-state index in [1.165, 1.54) is 12.5 Å². The SMILES string of the molecule is CCOC(=O)CC(=O)c1ncco1. The molecule has 0 aromatic carbocycles. The summed E-state index contributed by atoms with van der Waals surface area (Å²) in [6.07, 6.45) is 2.30. The average molecular weight is 183 g/mol. The number of hydrogen-bond donors (Lipinski definition) is 0. The number of ketones is 1. The van der Waals surface area contributed by atoms with Gasteiger partial charge in [0, 0.05) is 0 Å². The van der Waals surface area contributed by atoms with Crippen LogP contribution < -0.4 is 0 Å². The molecule has 70 valence electrons. The van der Waals surface area contributed by atoms with Crippen LogP contribution in [0.15, 0.2) is 16.9 Å². The maximum absolute atomic E-state index is 11.1. The highest BCUT2D eigenvalue weighted by atomic mass is 16.5. The average Bonchev–Trinajstić information content (AvgIpc) is 2.55. The van der Waals surface area contributed by atoms with E-state index in [-0.39, 0.29) is 18.9 Å². The van der Waals surface area contributed by atoms with Crippen LogP contribution in [-0.4, -0.2) is 23.3 Å². The fourth-order valence-electron chi connectivity index (χ4n) is 0.780. The summed E-state index contributed by atoms with van der Waals surface area (Å²) in [4.78, 5) is 25.6. The smallest absolute Gasteiger partial charge is 0.313 e. The third-order valence-corrected chi connectivity index (χ3v) is 1.28. The van der Waals surface area contributed by atoms with Gasteiger partial charge in [-0.05, 0) is 6.92 Å². The zero-order valence-corrected chi connectivity index (χ0v) is 7.15. The van der Waals surface area contributed by atoms with Crippen LogP contribution in [0, 0.1) is 0 Å². The third-order valence-electron chi connectivity index (χ3n) is 1.28. The molecule has 1 aromatic rings. The summed E-state index contributed by atoms with van der Waals surface area (Å²) >= 11 is 0. The zero-order chi connectivity index (χ0) is 9.68. The number of carbonyl (C=O) groups excluding carboxylic acids is 2. The maximum atomic E-state index is 11.1. The topological polar surface area (TPSA) is 69.4 Å². The van der Waals surface area contributed by atoms with Gasteiger partial charge in [-0.15, -0.1) is 0 Å². The first-order valence-corrected chi connectivity index (χ1v) is 3.82. The number of esters is 1. The molecular formula is C8H9NO4. The van der Waals surface area contributed by atoms with Crippen molar-refractivity contribution in [1.29, 1.82) is 0 Å². The quantitative estimate of drug-likeness (QED) is 0.392. The van der Waals surface area contributed by atoms with Gasteiger partial charge in [-0.3, -0.25) is 9.59 Å². The van der Waals surface area contributed by atoms with Crippen LogP contribution in [0.2, 0.25) is 0 Å². The molecule has 5 heteroatoms. The molecule has 0 bridgehead atoms. The van der Waals surface area contributed by atoms with Crippen molar-refractivity contribution in [2.45, 2.75) is 13.3 Å². The second-order valence-electron chi connectivity index (χ2n) is 2.24. The van der Waals surface area contributed by atoms with E-state index in [2.05, 4.69) is 9.72 Å². The number of carbonyl (C=O) groups is 2. The first kappa shape index (κ1) is 9.44. The molecule has 0 aliphatic heterocycles. The number of rotatable bonds is 4. The Bertz CT molecular complexity index is 291. The molecule has 13 heavy (non-hydrogen) atoms. The predicted octanol–water partition coefficient (Wildman–Crippen LogP) is 0.810. The molecule has 0 saturated carbocycles. The molecule has 1 aromatic heterocycles. The van der Waals surface area contributed by atoms with Crippen molar-refractivity contribution < 1.29 is 18.7 Å². The lowest BCUT2D eigenvalue weighted by molar-refractivity contribution is -0.142. The molecule has 0 radical (unpaired) electrons. The third kappa shape index (κ3) is 2.70. The van der Waals surface area contributed by atoms with Gasteiger partial charge in [-0.25, -0.2) is 4.98 Å². The molecule has 0 fully saturated rings. The Hall–Kier alpha value is -1.65. The Balaban J connectivity index is 2.47. The van der Waals surface area contributed by atoms with Crippen molar-refractivity contribution in [2.24, 2.45) is 0 Å². The fourth-order valence-corrected chi connectivity index (χ4v) is 0.780. The molecule has 0 aliphatic rings. The highest BCUT2D eigenvalue weighted by Gasteiger charge is 2.15. The fraction of sp³-hybridized carbons (Fsp3) is 0.375. The van der Waals surface area contributed by atoms with Gasteiger partial charge in [0.1, 0.15) is 12.7 Å². The van der Waals surface area contributed by atoms with Gasteiger partial charge in [-0.2, -0.15) is 0 Å². The first-order chi connectivity index (χ1) is 6.24. The summed E-state index contributed by atoms with van der Waals surface area (Å²) in [6.45, 7) is 1.94. The molecule has 0 unspecified atom stereocenters. The molecule has 0 saturated heterocycles. The summed E-state index contributed by atoms with van der Waals surface area (Å²) in [5.41, 5.74) is 0. The van der Waals surface area contributed by atoms with E-state index in [1.807, 2.05) is 0 Å². The van der Waals surface area contributed by atoms with Crippen molar-refractivity contribution in [2.75, 3.05) is 6.61 Å². The number of oxazole rings is 1. The Morgan fingerprint density at radius 2 is 2.38 bits per heavy atom. The van der Waals surface area contributed by atoms with E-state index < -0.39 is 11.8 Å². The summed E-state index contributed by atoms with van der Waals surface area (Å²) in [6, 6.07) is 0. The zero-order valence-electron chi connectivity index (χ0n) is 7.15. The second-order valence-corrected chi connectivity index (χ2v) is 2.24. The minimum Gasteiger partial charge on any atom is -0.466 e. The van der Waals surface area contributed by atoms with Gasteiger partial charge >= 0.3 is 5.97 Å². The summed E-state index contributed by atoms with van der Waals surface area (Å²) in [5, 5.41) is 0. The van der Waals surface area contributed by atoms with Crippen LogP contribution in [0.5, 0.6) is 0 Å². The van der Waals surface area contributed by atoms with Gasteiger partial charge in [0.15, 0.2) is 0 Å². The standard InChI is InChI=1S/C8H9NO4/c1-2-12-7(11)5-6(10)8-9-3-4-13-8/h3-4H,2,5H2,1H3. The van der Waals surface area contributed by atoms with E-state index in [1.54, 1.807) is 6.92 Å². The minimum atomic E-state index is -0.564. The lowest BCUT2D eigenvalue weighted by Gasteiger charge is -1.97. The molecule has 1 rings (SSSR count). The van der Waals surface area contributed by atoms with E-state index in [4.69, 9.17) is 4.42 Å². The second kappa shape index (κ2) is 4.39. The molecule has 0 spiro atoms. The Kier molecular flexibility index (Phi) is 3.19. The van der Waals surface area contributed by atoms with Gasteiger partial charge in [0.05, 0.1) is 12.8 Å². The number of ether oxygens (including phenoxy) is 1. The summed E-state index contributed by atoms with van der Waals surface area (Å²) in [5.74, 6) is -1.10. The van der Waals surface area contributed by atoms with E-state index in [0.717, 1.165) is 0 Å². The van der Waals surface area contributed by atoms with Crippen LogP contribution in [0.1, 0.15) is 24.0 Å². The summed E-state index contributed by atoms with van der Waals surface area (Å²) in [7, 11) is 0. The Morgan fingerprint density at radius 1 is 1.62 bits per heavy atom. The predicted molar refractivity (Wildman–Crippen MR) is 42.1 cm³/mol. The Morgan fingerprint density at radius 3 is 2.92 bits per heavy atom. The summed E-state index contributed by atoms with van der Waals surface area (Å²) < 4.78 is 9.29. The minimum absolute atomic E-state index is 0.0620. The monoisotopic (exact) mass is 183 g/mol. The van der Waals surface area contributed by atoms with E-state index in [0.29, 0.717) is 0 Å². The van der Waals surface area contributed by atoms with Crippen LogP contribution in [-0.2, 0) is 9.53 Å². The normalized spacial score (nSPS) is 9.62. The van der Waals surface area contributed by atoms with Crippen molar-refractivity contribution in [3.63, 3.8) is 0 Å². The van der Waals surface area contributed by atoms with Crippen molar-refractivity contribution in [1.82, 2.24) is 4.98 Å². The molecule has 0 aliphatic carbocycles. The van der Waals surface area contributed by atoms with Crippen LogP contribution >= 0.6 is 0 Å². The van der Waals surface area contributed by atoms with Crippen LogP contribution in [0.25, 0.3) is 0 Å². The van der Waals surface area contributed by atoms with E-state index >= 15 is 0 Å². The molecule has 0 amide bonds. The van der Waals surface area contributed by atoms with Crippen molar-refractivity contribution in [3.8, 4) is 0 Å². The largest absolute Gasteiger partial charge is 0.466 e. The lowest BCUT2D eigenvalue weighted by Crippen LogP contribution is -2.11. The first-order valence-electron chi connectivity index (χ1n) is 3.82. The van der Waals surface area contributed by atoms with Crippen molar-refractivity contribution >= 4 is 11.8 Å².